The van der Waals surface area contributed by atoms with Gasteiger partial charge in [-0.1, -0.05) is 48.2 Å². The molecule has 0 atom stereocenters. The molecule has 1 heteroatoms. The van der Waals surface area contributed by atoms with Crippen molar-refractivity contribution >= 4 is 10.8 Å². The lowest BCUT2D eigenvalue weighted by Gasteiger charge is -2.08. The van der Waals surface area contributed by atoms with Gasteiger partial charge in [-0.25, -0.2) is 0 Å². The molecule has 3 rings (SSSR count). The molecule has 1 heterocycles. The van der Waals surface area contributed by atoms with E-state index in [1.54, 1.807) is 6.20 Å². The maximum absolute atomic E-state index is 5.46. The molecule has 0 unspecified atom stereocenters. The second-order valence-corrected chi connectivity index (χ2v) is 6.01. The molecule has 0 saturated heterocycles. The van der Waals surface area contributed by atoms with Gasteiger partial charge in [-0.15, -0.1) is 24.7 Å². The van der Waals surface area contributed by atoms with Crippen LogP contribution in [0.15, 0.2) is 54.9 Å². The van der Waals surface area contributed by atoms with Gasteiger partial charge in [0.1, 0.15) is 0 Å². The van der Waals surface area contributed by atoms with Crippen molar-refractivity contribution in [3.8, 4) is 36.5 Å². The number of benzene rings is 2. The molecular formula is C25H19N. The number of nitrogens with zero attached hydrogens (tertiary/aromatic N) is 1. The highest BCUT2D eigenvalue weighted by molar-refractivity contribution is 5.89. The summed E-state index contributed by atoms with van der Waals surface area (Å²) in [6.07, 6.45) is 17.5. The molecule has 26 heavy (non-hydrogen) atoms. The number of rotatable bonds is 4. The number of pyridine rings is 1. The van der Waals surface area contributed by atoms with Gasteiger partial charge >= 0.3 is 0 Å². The Hall–Kier alpha value is -3.47. The van der Waals surface area contributed by atoms with Crippen LogP contribution >= 0.6 is 0 Å². The molecule has 2 aromatic carbocycles. The van der Waals surface area contributed by atoms with Crippen LogP contribution in [0.2, 0.25) is 0 Å². The van der Waals surface area contributed by atoms with E-state index in [4.69, 9.17) is 12.8 Å². The number of hydrogen-bond donors (Lipinski definition) is 0. The van der Waals surface area contributed by atoms with Gasteiger partial charge in [0.05, 0.1) is 0 Å². The molecular weight excluding hydrogens is 314 g/mol. The molecule has 0 aliphatic rings. The Bertz CT molecular complexity index is 1060. The molecule has 0 N–H and O–H groups in total. The molecule has 3 aromatic rings. The first-order valence-corrected chi connectivity index (χ1v) is 8.66. The van der Waals surface area contributed by atoms with E-state index >= 15 is 0 Å². The average molecular weight is 333 g/mol. The van der Waals surface area contributed by atoms with E-state index in [1.165, 1.54) is 10.9 Å². The summed E-state index contributed by atoms with van der Waals surface area (Å²) in [6.45, 7) is 0. The third-order valence-corrected chi connectivity index (χ3v) is 4.33. The standard InChI is InChI=1S/C25H19N/c1-3-5-9-20-17-18-26-19-23(20)15-16-25-21(10-6-4-2)13-14-22-11-7-8-12-24(22)25/h1-2,7-8,11-14,17-19H,5-6,9-10H2. The topological polar surface area (TPSA) is 12.9 Å². The van der Waals surface area contributed by atoms with Gasteiger partial charge in [0.25, 0.3) is 0 Å². The van der Waals surface area contributed by atoms with Gasteiger partial charge in [0.15, 0.2) is 0 Å². The average Bonchev–Trinajstić information content (AvgIpc) is 2.69. The van der Waals surface area contributed by atoms with Crippen molar-refractivity contribution in [2.45, 2.75) is 25.7 Å². The molecule has 0 spiro atoms. The van der Waals surface area contributed by atoms with Crippen molar-refractivity contribution in [1.82, 2.24) is 4.98 Å². The Morgan fingerprint density at radius 3 is 2.38 bits per heavy atom. The zero-order valence-electron chi connectivity index (χ0n) is 14.6. The number of aromatic nitrogens is 1. The van der Waals surface area contributed by atoms with Gasteiger partial charge in [-0.05, 0) is 40.8 Å². The smallest absolute Gasteiger partial charge is 0.0464 e. The molecule has 0 amide bonds. The summed E-state index contributed by atoms with van der Waals surface area (Å²) in [5.74, 6) is 12.1. The fraction of sp³-hybridized carbons (Fsp3) is 0.160. The van der Waals surface area contributed by atoms with E-state index in [2.05, 4.69) is 52.9 Å². The molecule has 0 fully saturated rings. The quantitative estimate of drug-likeness (QED) is 0.627. The monoisotopic (exact) mass is 333 g/mol. The number of fused-ring (bicyclic) bond motifs is 1. The molecule has 124 valence electrons. The Morgan fingerprint density at radius 2 is 1.58 bits per heavy atom. The van der Waals surface area contributed by atoms with E-state index in [0.717, 1.165) is 34.9 Å². The lowest BCUT2D eigenvalue weighted by Crippen LogP contribution is -1.94. The van der Waals surface area contributed by atoms with Crippen molar-refractivity contribution in [3.63, 3.8) is 0 Å². The van der Waals surface area contributed by atoms with Crippen molar-refractivity contribution in [1.29, 1.82) is 0 Å². The van der Waals surface area contributed by atoms with Crippen molar-refractivity contribution in [3.05, 3.63) is 77.1 Å². The normalized spacial score (nSPS) is 9.77. The van der Waals surface area contributed by atoms with Crippen LogP contribution in [-0.2, 0) is 12.8 Å². The van der Waals surface area contributed by atoms with E-state index in [-0.39, 0.29) is 0 Å². The first-order valence-electron chi connectivity index (χ1n) is 8.66. The molecule has 0 bridgehead atoms. The minimum atomic E-state index is 0.695. The minimum Gasteiger partial charge on any atom is -0.263 e. The first-order chi connectivity index (χ1) is 12.8. The van der Waals surface area contributed by atoms with Crippen LogP contribution in [0.25, 0.3) is 10.8 Å². The largest absolute Gasteiger partial charge is 0.263 e. The number of terminal acetylenes is 2. The third-order valence-electron chi connectivity index (χ3n) is 4.33. The van der Waals surface area contributed by atoms with Crippen LogP contribution in [0.5, 0.6) is 0 Å². The number of aryl methyl sites for hydroxylation is 2. The lowest BCUT2D eigenvalue weighted by atomic mass is 9.96. The summed E-state index contributed by atoms with van der Waals surface area (Å²) >= 11 is 0. The first kappa shape index (κ1) is 17.4. The third kappa shape index (κ3) is 3.95. The van der Waals surface area contributed by atoms with Crippen LogP contribution in [-0.4, -0.2) is 4.98 Å². The molecule has 1 nitrogen and oxygen atoms in total. The second-order valence-electron chi connectivity index (χ2n) is 6.01. The highest BCUT2D eigenvalue weighted by Crippen LogP contribution is 2.23. The summed E-state index contributed by atoms with van der Waals surface area (Å²) in [6, 6.07) is 14.6. The van der Waals surface area contributed by atoms with Crippen LogP contribution in [0.3, 0.4) is 0 Å². The van der Waals surface area contributed by atoms with Crippen LogP contribution in [0, 0.1) is 36.5 Å². The van der Waals surface area contributed by atoms with Crippen LogP contribution < -0.4 is 0 Å². The Balaban J connectivity index is 2.08. The van der Waals surface area contributed by atoms with Crippen molar-refractivity contribution in [2.75, 3.05) is 0 Å². The van der Waals surface area contributed by atoms with E-state index < -0.39 is 0 Å². The van der Waals surface area contributed by atoms with Gasteiger partial charge in [0.2, 0.25) is 0 Å². The predicted molar refractivity (Wildman–Crippen MR) is 108 cm³/mol. The fourth-order valence-electron chi connectivity index (χ4n) is 2.97. The fourth-order valence-corrected chi connectivity index (χ4v) is 2.97. The maximum Gasteiger partial charge on any atom is 0.0464 e. The van der Waals surface area contributed by atoms with Gasteiger partial charge in [0, 0.05) is 36.4 Å². The Morgan fingerprint density at radius 1 is 0.808 bits per heavy atom. The van der Waals surface area contributed by atoms with Crippen molar-refractivity contribution in [2.24, 2.45) is 0 Å². The highest BCUT2D eigenvalue weighted by atomic mass is 14.6. The zero-order chi connectivity index (χ0) is 18.2. The van der Waals surface area contributed by atoms with E-state index in [0.29, 0.717) is 12.8 Å². The second kappa shape index (κ2) is 8.58. The molecule has 0 aliphatic carbocycles. The number of hydrogen-bond acceptors (Lipinski definition) is 1. The van der Waals surface area contributed by atoms with E-state index in [1.807, 2.05) is 24.4 Å². The summed E-state index contributed by atoms with van der Waals surface area (Å²) < 4.78 is 0. The van der Waals surface area contributed by atoms with Gasteiger partial charge in [-0.2, -0.15) is 0 Å². The maximum atomic E-state index is 5.46. The Kier molecular flexibility index (Phi) is 5.72. The molecule has 0 radical (unpaired) electrons. The molecule has 0 aliphatic heterocycles. The highest BCUT2D eigenvalue weighted by Gasteiger charge is 2.06. The van der Waals surface area contributed by atoms with Crippen molar-refractivity contribution < 1.29 is 0 Å². The summed E-state index contributed by atoms with van der Waals surface area (Å²) in [4.78, 5) is 4.22. The van der Waals surface area contributed by atoms with Crippen LogP contribution in [0.1, 0.15) is 35.1 Å². The summed E-state index contributed by atoms with van der Waals surface area (Å²) in [5, 5.41) is 2.34. The zero-order valence-corrected chi connectivity index (χ0v) is 14.6. The Labute approximate surface area is 155 Å². The van der Waals surface area contributed by atoms with Gasteiger partial charge < -0.3 is 0 Å². The van der Waals surface area contributed by atoms with Crippen LogP contribution in [0.4, 0.5) is 0 Å². The molecule has 1 aromatic heterocycles. The molecule has 0 saturated carbocycles. The van der Waals surface area contributed by atoms with Gasteiger partial charge in [-0.3, -0.25) is 4.98 Å². The summed E-state index contributed by atoms with van der Waals surface area (Å²) in [5.41, 5.74) is 4.29. The minimum absolute atomic E-state index is 0.695. The summed E-state index contributed by atoms with van der Waals surface area (Å²) in [7, 11) is 0. The predicted octanol–water partition coefficient (Wildman–Crippen LogP) is 4.77. The van der Waals surface area contributed by atoms with E-state index in [9.17, 15) is 0 Å². The lowest BCUT2D eigenvalue weighted by molar-refractivity contribution is 1.01. The SMILES string of the molecule is C#CCCc1ccncc1C#Cc1c(CCC#C)ccc2ccccc12.